The molecule has 138 valence electrons. The molecule has 2 aromatic rings. The smallest absolute Gasteiger partial charge is 0.343 e. The van der Waals surface area contributed by atoms with Crippen LogP contribution in [0.2, 0.25) is 0 Å². The van der Waals surface area contributed by atoms with Crippen molar-refractivity contribution >= 4 is 5.97 Å². The van der Waals surface area contributed by atoms with Crippen LogP contribution in [0.25, 0.3) is 0 Å². The van der Waals surface area contributed by atoms with Gasteiger partial charge in [-0.2, -0.15) is 0 Å². The molecule has 3 rings (SSSR count). The Bertz CT molecular complexity index is 673. The Hall–Kier alpha value is -2.33. The van der Waals surface area contributed by atoms with E-state index in [0.717, 1.165) is 19.0 Å². The molecule has 0 atom stereocenters. The predicted molar refractivity (Wildman–Crippen MR) is 101 cm³/mol. The second kappa shape index (κ2) is 9.39. The van der Waals surface area contributed by atoms with Crippen LogP contribution < -0.4 is 9.47 Å². The largest absolute Gasteiger partial charge is 0.493 e. The Morgan fingerprint density at radius 1 is 0.846 bits per heavy atom. The van der Waals surface area contributed by atoms with Crippen molar-refractivity contribution in [3.8, 4) is 11.5 Å². The van der Waals surface area contributed by atoms with E-state index in [9.17, 15) is 4.79 Å². The number of benzene rings is 2. The summed E-state index contributed by atoms with van der Waals surface area (Å²) in [7, 11) is 1.77. The highest BCUT2D eigenvalue weighted by atomic mass is 16.5. The Labute approximate surface area is 155 Å². The number of methoxy groups -OCH3 is 1. The Kier molecular flexibility index (Phi) is 6.67. The van der Waals surface area contributed by atoms with Crippen molar-refractivity contribution < 1.29 is 19.0 Å². The van der Waals surface area contributed by atoms with Gasteiger partial charge in [-0.3, -0.25) is 0 Å². The highest BCUT2D eigenvalue weighted by Gasteiger charge is 2.21. The molecule has 4 nitrogen and oxygen atoms in total. The molecule has 0 N–H and O–H groups in total. The van der Waals surface area contributed by atoms with Crippen LogP contribution in [-0.4, -0.2) is 26.3 Å². The van der Waals surface area contributed by atoms with Gasteiger partial charge in [0.1, 0.15) is 11.5 Å². The van der Waals surface area contributed by atoms with E-state index in [2.05, 4.69) is 0 Å². The molecule has 26 heavy (non-hydrogen) atoms. The third-order valence-corrected chi connectivity index (χ3v) is 4.90. The van der Waals surface area contributed by atoms with E-state index in [0.29, 0.717) is 23.1 Å². The summed E-state index contributed by atoms with van der Waals surface area (Å²) in [5.41, 5.74) is 0.539. The number of carbonyl (C=O) groups is 1. The second-order valence-electron chi connectivity index (χ2n) is 6.88. The van der Waals surface area contributed by atoms with Crippen molar-refractivity contribution in [3.63, 3.8) is 0 Å². The van der Waals surface area contributed by atoms with Crippen molar-refractivity contribution in [2.75, 3.05) is 20.3 Å². The first-order valence-electron chi connectivity index (χ1n) is 9.23. The van der Waals surface area contributed by atoms with Crippen LogP contribution in [0.4, 0.5) is 0 Å². The fourth-order valence-electron chi connectivity index (χ4n) is 3.36. The SMILES string of the molecule is COC[C@H]1CC[C@H](COc2ccc(OC(=O)c3ccccc3)cc2)CC1. The Balaban J connectivity index is 1.44. The molecule has 1 saturated carbocycles. The van der Waals surface area contributed by atoms with Crippen LogP contribution in [0.3, 0.4) is 0 Å². The predicted octanol–water partition coefficient (Wildman–Crippen LogP) is 4.74. The molecule has 4 heteroatoms. The lowest BCUT2D eigenvalue weighted by atomic mass is 9.83. The fourth-order valence-corrected chi connectivity index (χ4v) is 3.36. The molecular formula is C22H26O4. The lowest BCUT2D eigenvalue weighted by Gasteiger charge is -2.27. The zero-order valence-electron chi connectivity index (χ0n) is 15.2. The molecule has 0 saturated heterocycles. The van der Waals surface area contributed by atoms with E-state index >= 15 is 0 Å². The van der Waals surface area contributed by atoms with Gasteiger partial charge in [0, 0.05) is 13.7 Å². The molecule has 0 aromatic heterocycles. The zero-order chi connectivity index (χ0) is 18.2. The van der Waals surface area contributed by atoms with Crippen molar-refractivity contribution in [1.82, 2.24) is 0 Å². The van der Waals surface area contributed by atoms with Crippen molar-refractivity contribution in [1.29, 1.82) is 0 Å². The van der Waals surface area contributed by atoms with E-state index < -0.39 is 0 Å². The molecule has 1 aliphatic carbocycles. The van der Waals surface area contributed by atoms with Gasteiger partial charge in [0.05, 0.1) is 12.2 Å². The number of hydrogen-bond acceptors (Lipinski definition) is 4. The lowest BCUT2D eigenvalue weighted by Crippen LogP contribution is -2.22. The summed E-state index contributed by atoms with van der Waals surface area (Å²) in [6, 6.07) is 16.2. The summed E-state index contributed by atoms with van der Waals surface area (Å²) in [5, 5.41) is 0. The summed E-state index contributed by atoms with van der Waals surface area (Å²) >= 11 is 0. The number of carbonyl (C=O) groups excluding carboxylic acids is 1. The molecular weight excluding hydrogens is 328 g/mol. The number of hydrogen-bond donors (Lipinski definition) is 0. The standard InChI is InChI=1S/C22H26O4/c1-24-15-17-7-9-18(10-8-17)16-25-20-11-13-21(14-12-20)26-22(23)19-5-3-2-4-6-19/h2-6,11-14,17-18H,7-10,15-16H2,1H3/t17-,18-. The molecule has 0 spiro atoms. The van der Waals surface area contributed by atoms with E-state index in [-0.39, 0.29) is 5.97 Å². The summed E-state index contributed by atoms with van der Waals surface area (Å²) in [6.45, 7) is 1.61. The normalized spacial score (nSPS) is 19.7. The lowest BCUT2D eigenvalue weighted by molar-refractivity contribution is 0.0734. The maximum atomic E-state index is 12.0. The quantitative estimate of drug-likeness (QED) is 0.532. The maximum Gasteiger partial charge on any atom is 0.343 e. The second-order valence-corrected chi connectivity index (χ2v) is 6.88. The topological polar surface area (TPSA) is 44.8 Å². The van der Waals surface area contributed by atoms with Gasteiger partial charge in [0.15, 0.2) is 0 Å². The third kappa shape index (κ3) is 5.33. The van der Waals surface area contributed by atoms with E-state index in [1.54, 1.807) is 31.4 Å². The van der Waals surface area contributed by atoms with Crippen molar-refractivity contribution in [2.24, 2.45) is 11.8 Å². The van der Waals surface area contributed by atoms with Gasteiger partial charge in [-0.15, -0.1) is 0 Å². The zero-order valence-corrected chi connectivity index (χ0v) is 15.2. The van der Waals surface area contributed by atoms with Crippen LogP contribution in [0.1, 0.15) is 36.0 Å². The van der Waals surface area contributed by atoms with Gasteiger partial charge in [-0.25, -0.2) is 4.79 Å². The molecule has 0 heterocycles. The minimum absolute atomic E-state index is 0.355. The average Bonchev–Trinajstić information content (AvgIpc) is 2.69. The number of rotatable bonds is 7. The molecule has 2 aromatic carbocycles. The van der Waals surface area contributed by atoms with Gasteiger partial charge < -0.3 is 14.2 Å². The van der Waals surface area contributed by atoms with Crippen LogP contribution >= 0.6 is 0 Å². The van der Waals surface area contributed by atoms with Crippen LogP contribution in [0, 0.1) is 11.8 Å². The first kappa shape index (κ1) is 18.5. The highest BCUT2D eigenvalue weighted by Crippen LogP contribution is 2.29. The highest BCUT2D eigenvalue weighted by molar-refractivity contribution is 5.90. The summed E-state index contributed by atoms with van der Waals surface area (Å²) in [4.78, 5) is 12.0. The Morgan fingerprint density at radius 3 is 2.04 bits per heavy atom. The minimum atomic E-state index is -0.355. The van der Waals surface area contributed by atoms with Crippen LogP contribution in [-0.2, 0) is 4.74 Å². The minimum Gasteiger partial charge on any atom is -0.493 e. The van der Waals surface area contributed by atoms with Gasteiger partial charge >= 0.3 is 5.97 Å². The number of esters is 1. The van der Waals surface area contributed by atoms with Crippen molar-refractivity contribution in [2.45, 2.75) is 25.7 Å². The fraction of sp³-hybridized carbons (Fsp3) is 0.409. The molecule has 0 bridgehead atoms. The number of ether oxygens (including phenoxy) is 3. The molecule has 0 unspecified atom stereocenters. The molecule has 1 aliphatic rings. The molecule has 0 radical (unpaired) electrons. The summed E-state index contributed by atoms with van der Waals surface area (Å²) < 4.78 is 16.5. The van der Waals surface area contributed by atoms with Gasteiger partial charge in [-0.1, -0.05) is 18.2 Å². The molecule has 1 fully saturated rings. The van der Waals surface area contributed by atoms with E-state index in [1.807, 2.05) is 30.3 Å². The maximum absolute atomic E-state index is 12.0. The summed E-state index contributed by atoms with van der Waals surface area (Å²) in [5.74, 6) is 2.29. The van der Waals surface area contributed by atoms with Crippen molar-refractivity contribution in [3.05, 3.63) is 60.2 Å². The van der Waals surface area contributed by atoms with Gasteiger partial charge in [0.2, 0.25) is 0 Å². The average molecular weight is 354 g/mol. The molecule has 0 aliphatic heterocycles. The Morgan fingerprint density at radius 2 is 1.42 bits per heavy atom. The van der Waals surface area contributed by atoms with Crippen LogP contribution in [0.15, 0.2) is 54.6 Å². The molecule has 0 amide bonds. The first-order valence-corrected chi connectivity index (χ1v) is 9.23. The van der Waals surface area contributed by atoms with E-state index in [4.69, 9.17) is 14.2 Å². The third-order valence-electron chi connectivity index (χ3n) is 4.90. The summed E-state index contributed by atoms with van der Waals surface area (Å²) in [6.07, 6.45) is 4.83. The van der Waals surface area contributed by atoms with E-state index in [1.165, 1.54) is 25.7 Å². The van der Waals surface area contributed by atoms with Gasteiger partial charge in [-0.05, 0) is 73.9 Å². The van der Waals surface area contributed by atoms with Crippen LogP contribution in [0.5, 0.6) is 11.5 Å². The first-order chi connectivity index (χ1) is 12.7. The monoisotopic (exact) mass is 354 g/mol. The van der Waals surface area contributed by atoms with Gasteiger partial charge in [0.25, 0.3) is 0 Å².